The SMILES string of the molecule is CN1CN(c2[c-]cccc2)c2ccccc21.[Ir]. The first-order chi connectivity index (χ1) is 7.86. The molecule has 2 aromatic carbocycles. The molecule has 0 aromatic heterocycles. The van der Waals surface area contributed by atoms with E-state index in [1.807, 2.05) is 18.2 Å². The van der Waals surface area contributed by atoms with Crippen molar-refractivity contribution < 1.29 is 20.1 Å². The molecule has 2 nitrogen and oxygen atoms in total. The van der Waals surface area contributed by atoms with Crippen molar-refractivity contribution in [2.75, 3.05) is 23.5 Å². The summed E-state index contributed by atoms with van der Waals surface area (Å²) >= 11 is 0. The van der Waals surface area contributed by atoms with Gasteiger partial charge in [-0.1, -0.05) is 17.8 Å². The third kappa shape index (κ3) is 2.08. The Morgan fingerprint density at radius 1 is 1.00 bits per heavy atom. The Kier molecular flexibility index (Phi) is 3.51. The van der Waals surface area contributed by atoms with Crippen LogP contribution in [0.5, 0.6) is 0 Å². The summed E-state index contributed by atoms with van der Waals surface area (Å²) < 4.78 is 0. The molecule has 1 aliphatic rings. The van der Waals surface area contributed by atoms with Gasteiger partial charge in [0.05, 0.1) is 18.0 Å². The molecule has 0 aliphatic carbocycles. The minimum atomic E-state index is 0. The smallest absolute Gasteiger partial charge is 0.0927 e. The van der Waals surface area contributed by atoms with Crippen LogP contribution >= 0.6 is 0 Å². The number of hydrogen-bond donors (Lipinski definition) is 0. The first kappa shape index (κ1) is 12.2. The minimum absolute atomic E-state index is 0. The zero-order valence-corrected chi connectivity index (χ0v) is 11.9. The average molecular weight is 401 g/mol. The summed E-state index contributed by atoms with van der Waals surface area (Å²) in [7, 11) is 2.11. The molecule has 3 rings (SSSR count). The average Bonchev–Trinajstić information content (AvgIpc) is 2.69. The summed E-state index contributed by atoms with van der Waals surface area (Å²) in [6, 6.07) is 19.8. The van der Waals surface area contributed by atoms with Gasteiger partial charge in [-0.25, -0.2) is 0 Å². The van der Waals surface area contributed by atoms with Crippen LogP contribution in [0.25, 0.3) is 0 Å². The fourth-order valence-corrected chi connectivity index (χ4v) is 2.14. The molecule has 0 saturated heterocycles. The maximum absolute atomic E-state index is 3.27. The first-order valence-electron chi connectivity index (χ1n) is 5.41. The predicted octanol–water partition coefficient (Wildman–Crippen LogP) is 3.03. The fraction of sp³-hybridized carbons (Fsp3) is 0.143. The third-order valence-corrected chi connectivity index (χ3v) is 2.92. The molecular weight excluding hydrogens is 388 g/mol. The van der Waals surface area contributed by atoms with Gasteiger partial charge in [0.25, 0.3) is 0 Å². The van der Waals surface area contributed by atoms with E-state index in [0.717, 1.165) is 12.4 Å². The molecule has 1 heterocycles. The van der Waals surface area contributed by atoms with Crippen LogP contribution in [-0.4, -0.2) is 13.7 Å². The predicted molar refractivity (Wildman–Crippen MR) is 67.1 cm³/mol. The van der Waals surface area contributed by atoms with Crippen LogP contribution in [0.4, 0.5) is 17.1 Å². The van der Waals surface area contributed by atoms with E-state index in [0.29, 0.717) is 0 Å². The summed E-state index contributed by atoms with van der Waals surface area (Å²) in [4.78, 5) is 4.52. The number of rotatable bonds is 1. The van der Waals surface area contributed by atoms with Crippen molar-refractivity contribution in [1.29, 1.82) is 0 Å². The van der Waals surface area contributed by atoms with E-state index in [4.69, 9.17) is 0 Å². The van der Waals surface area contributed by atoms with Gasteiger partial charge in [-0.05, 0) is 12.1 Å². The Labute approximate surface area is 115 Å². The third-order valence-electron chi connectivity index (χ3n) is 2.92. The number of benzene rings is 2. The fourth-order valence-electron chi connectivity index (χ4n) is 2.14. The van der Waals surface area contributed by atoms with E-state index in [1.165, 1.54) is 11.4 Å². The van der Waals surface area contributed by atoms with Crippen LogP contribution in [0, 0.1) is 6.07 Å². The molecule has 0 spiro atoms. The standard InChI is InChI=1S/C14H13N2.Ir/c1-15-11-16(12-7-3-2-4-8-12)14-10-6-5-9-13(14)15;/h2-7,9-10H,11H2,1H3;/q-1;. The summed E-state index contributed by atoms with van der Waals surface area (Å²) in [6.07, 6.45) is 0. The van der Waals surface area contributed by atoms with Crippen LogP contribution in [0.2, 0.25) is 0 Å². The van der Waals surface area contributed by atoms with Crippen molar-refractivity contribution in [2.24, 2.45) is 0 Å². The van der Waals surface area contributed by atoms with Gasteiger partial charge in [0.2, 0.25) is 0 Å². The van der Waals surface area contributed by atoms with Crippen molar-refractivity contribution in [3.63, 3.8) is 0 Å². The largest absolute Gasteiger partial charge is 0.355 e. The van der Waals surface area contributed by atoms with Crippen LogP contribution in [0.3, 0.4) is 0 Å². The van der Waals surface area contributed by atoms with Gasteiger partial charge in [0.15, 0.2) is 0 Å². The molecular formula is C14H13IrN2-. The van der Waals surface area contributed by atoms with Gasteiger partial charge >= 0.3 is 0 Å². The van der Waals surface area contributed by atoms with E-state index in [9.17, 15) is 0 Å². The molecule has 0 bridgehead atoms. The Bertz CT molecular complexity index is 499. The van der Waals surface area contributed by atoms with Crippen LogP contribution < -0.4 is 9.80 Å². The Balaban J connectivity index is 0.00000108. The molecule has 0 saturated carbocycles. The second kappa shape index (κ2) is 4.91. The normalized spacial score (nSPS) is 13.2. The zero-order valence-electron chi connectivity index (χ0n) is 9.55. The number of fused-ring (bicyclic) bond motifs is 1. The number of hydrogen-bond acceptors (Lipinski definition) is 2. The molecule has 1 radical (unpaired) electrons. The molecule has 0 unspecified atom stereocenters. The van der Waals surface area contributed by atoms with Crippen LogP contribution in [0.15, 0.2) is 48.5 Å². The second-order valence-corrected chi connectivity index (χ2v) is 4.00. The van der Waals surface area contributed by atoms with Crippen molar-refractivity contribution >= 4 is 17.1 Å². The van der Waals surface area contributed by atoms with Crippen molar-refractivity contribution in [3.8, 4) is 0 Å². The molecule has 17 heavy (non-hydrogen) atoms. The van der Waals surface area contributed by atoms with Crippen molar-refractivity contribution in [1.82, 2.24) is 0 Å². The van der Waals surface area contributed by atoms with Crippen LogP contribution in [0.1, 0.15) is 0 Å². The second-order valence-electron chi connectivity index (χ2n) is 4.00. The van der Waals surface area contributed by atoms with Crippen molar-refractivity contribution in [2.45, 2.75) is 0 Å². The van der Waals surface area contributed by atoms with Gasteiger partial charge in [-0.2, -0.15) is 24.3 Å². The molecule has 0 N–H and O–H groups in total. The van der Waals surface area contributed by atoms with Gasteiger partial charge in [-0.15, -0.1) is 6.07 Å². The molecule has 0 atom stereocenters. The Morgan fingerprint density at radius 3 is 2.41 bits per heavy atom. The van der Waals surface area contributed by atoms with Gasteiger partial charge < -0.3 is 9.80 Å². The van der Waals surface area contributed by atoms with E-state index >= 15 is 0 Å². The summed E-state index contributed by atoms with van der Waals surface area (Å²) in [5.41, 5.74) is 3.66. The Hall–Kier alpha value is -1.31. The molecule has 0 fully saturated rings. The monoisotopic (exact) mass is 402 g/mol. The quantitative estimate of drug-likeness (QED) is 0.678. The number of para-hydroxylation sites is 3. The van der Waals surface area contributed by atoms with E-state index in [2.05, 4.69) is 53.2 Å². The van der Waals surface area contributed by atoms with E-state index in [-0.39, 0.29) is 20.1 Å². The topological polar surface area (TPSA) is 6.48 Å². The number of nitrogens with zero attached hydrogens (tertiary/aromatic N) is 2. The minimum Gasteiger partial charge on any atom is -0.355 e. The summed E-state index contributed by atoms with van der Waals surface area (Å²) in [6.45, 7) is 0.889. The van der Waals surface area contributed by atoms with Gasteiger partial charge in [0, 0.05) is 27.2 Å². The maximum Gasteiger partial charge on any atom is 0.0927 e. The van der Waals surface area contributed by atoms with Gasteiger partial charge in [-0.3, -0.25) is 0 Å². The summed E-state index contributed by atoms with van der Waals surface area (Å²) in [5.74, 6) is 0. The molecule has 0 amide bonds. The molecule has 2 aromatic rings. The maximum atomic E-state index is 3.27. The van der Waals surface area contributed by atoms with E-state index < -0.39 is 0 Å². The van der Waals surface area contributed by atoms with E-state index in [1.54, 1.807) is 0 Å². The van der Waals surface area contributed by atoms with Crippen LogP contribution in [-0.2, 0) is 20.1 Å². The molecule has 1 aliphatic heterocycles. The van der Waals surface area contributed by atoms with Crippen molar-refractivity contribution in [3.05, 3.63) is 54.6 Å². The zero-order chi connectivity index (χ0) is 11.0. The Morgan fingerprint density at radius 2 is 1.71 bits per heavy atom. The molecule has 89 valence electrons. The molecule has 3 heteroatoms. The van der Waals surface area contributed by atoms with Gasteiger partial charge in [0.1, 0.15) is 0 Å². The number of anilines is 3. The first-order valence-corrected chi connectivity index (χ1v) is 5.41. The summed E-state index contributed by atoms with van der Waals surface area (Å²) in [5, 5.41) is 0.